The van der Waals surface area contributed by atoms with Gasteiger partial charge in [-0.3, -0.25) is 0 Å². The molecule has 1 fully saturated rings. The number of aryl methyl sites for hydroxylation is 1. The molecular formula is C13H16ClN3. The Morgan fingerprint density at radius 1 is 1.59 bits per heavy atom. The normalized spacial score (nSPS) is 20.1. The Kier molecular flexibility index (Phi) is 3.88. The first-order valence-electron chi connectivity index (χ1n) is 5.83. The minimum atomic E-state index is 0.243. The lowest BCUT2D eigenvalue weighted by Crippen LogP contribution is -2.51. The molecule has 1 unspecified atom stereocenters. The molecule has 0 amide bonds. The quantitative estimate of drug-likeness (QED) is 0.875. The standard InChI is InChI=1S/C13H16ClN3/c1-10-2-3-11(8-13(10)14)17-7-6-16-9-12(17)4-5-15/h2-3,8,12,16H,4,6-7,9H2,1H3. The maximum absolute atomic E-state index is 8.85. The highest BCUT2D eigenvalue weighted by molar-refractivity contribution is 6.31. The number of nitrogens with zero attached hydrogens (tertiary/aromatic N) is 2. The van der Waals surface area contributed by atoms with Gasteiger partial charge in [-0.1, -0.05) is 17.7 Å². The van der Waals surface area contributed by atoms with E-state index in [4.69, 9.17) is 16.9 Å². The smallest absolute Gasteiger partial charge is 0.0643 e. The van der Waals surface area contributed by atoms with Crippen molar-refractivity contribution < 1.29 is 0 Å². The molecule has 0 radical (unpaired) electrons. The Hall–Kier alpha value is -1.24. The summed E-state index contributed by atoms with van der Waals surface area (Å²) in [6, 6.07) is 8.60. The zero-order valence-electron chi connectivity index (χ0n) is 9.91. The van der Waals surface area contributed by atoms with Gasteiger partial charge >= 0.3 is 0 Å². The van der Waals surface area contributed by atoms with E-state index in [0.29, 0.717) is 6.42 Å². The van der Waals surface area contributed by atoms with Crippen LogP contribution in [-0.2, 0) is 0 Å². The van der Waals surface area contributed by atoms with Gasteiger partial charge in [0.1, 0.15) is 0 Å². The molecule has 1 aliphatic heterocycles. The molecule has 2 rings (SSSR count). The maximum atomic E-state index is 8.85. The Morgan fingerprint density at radius 2 is 2.41 bits per heavy atom. The van der Waals surface area contributed by atoms with Gasteiger partial charge in [-0.05, 0) is 24.6 Å². The Bertz CT molecular complexity index is 439. The van der Waals surface area contributed by atoms with E-state index in [0.717, 1.165) is 35.9 Å². The van der Waals surface area contributed by atoms with Crippen LogP contribution in [0.15, 0.2) is 18.2 Å². The monoisotopic (exact) mass is 249 g/mol. The van der Waals surface area contributed by atoms with Gasteiger partial charge in [-0.15, -0.1) is 0 Å². The molecule has 0 saturated carbocycles. The van der Waals surface area contributed by atoms with Gasteiger partial charge in [-0.2, -0.15) is 5.26 Å². The lowest BCUT2D eigenvalue weighted by Gasteiger charge is -2.37. The molecule has 1 heterocycles. The lowest BCUT2D eigenvalue weighted by atomic mass is 10.1. The minimum absolute atomic E-state index is 0.243. The van der Waals surface area contributed by atoms with Gasteiger partial charge in [-0.25, -0.2) is 0 Å². The molecule has 3 nitrogen and oxygen atoms in total. The summed E-state index contributed by atoms with van der Waals surface area (Å²) in [7, 11) is 0. The third kappa shape index (κ3) is 2.71. The summed E-state index contributed by atoms with van der Waals surface area (Å²) in [5.41, 5.74) is 2.20. The van der Waals surface area contributed by atoms with E-state index in [1.165, 1.54) is 0 Å². The zero-order valence-corrected chi connectivity index (χ0v) is 10.7. The molecule has 1 aliphatic rings. The third-order valence-electron chi connectivity index (χ3n) is 3.16. The highest BCUT2D eigenvalue weighted by atomic mass is 35.5. The van der Waals surface area contributed by atoms with E-state index in [1.807, 2.05) is 19.1 Å². The van der Waals surface area contributed by atoms with E-state index in [-0.39, 0.29) is 6.04 Å². The number of nitriles is 1. The summed E-state index contributed by atoms with van der Waals surface area (Å²) < 4.78 is 0. The van der Waals surface area contributed by atoms with E-state index in [9.17, 15) is 0 Å². The number of halogens is 1. The van der Waals surface area contributed by atoms with Crippen molar-refractivity contribution in [2.75, 3.05) is 24.5 Å². The average molecular weight is 250 g/mol. The summed E-state index contributed by atoms with van der Waals surface area (Å²) in [5.74, 6) is 0. The van der Waals surface area contributed by atoms with Crippen LogP contribution in [-0.4, -0.2) is 25.7 Å². The van der Waals surface area contributed by atoms with Gasteiger partial charge in [0.15, 0.2) is 0 Å². The first-order valence-corrected chi connectivity index (χ1v) is 6.20. The highest BCUT2D eigenvalue weighted by Crippen LogP contribution is 2.25. The molecule has 1 aromatic rings. The largest absolute Gasteiger partial charge is 0.365 e. The molecule has 1 N–H and O–H groups in total. The second-order valence-corrected chi connectivity index (χ2v) is 4.75. The Morgan fingerprint density at radius 3 is 3.12 bits per heavy atom. The van der Waals surface area contributed by atoms with Crippen molar-refractivity contribution in [3.8, 4) is 6.07 Å². The van der Waals surface area contributed by atoms with Crippen molar-refractivity contribution in [2.45, 2.75) is 19.4 Å². The first-order chi connectivity index (χ1) is 8.22. The third-order valence-corrected chi connectivity index (χ3v) is 3.57. The zero-order chi connectivity index (χ0) is 12.3. The molecule has 0 aliphatic carbocycles. The fourth-order valence-electron chi connectivity index (χ4n) is 2.15. The van der Waals surface area contributed by atoms with E-state index in [2.05, 4.69) is 22.4 Å². The Balaban J connectivity index is 2.23. The maximum Gasteiger partial charge on any atom is 0.0643 e. The van der Waals surface area contributed by atoms with Gasteiger partial charge in [0.25, 0.3) is 0 Å². The van der Waals surface area contributed by atoms with Crippen LogP contribution in [0, 0.1) is 18.3 Å². The average Bonchev–Trinajstić information content (AvgIpc) is 2.34. The molecule has 4 heteroatoms. The summed E-state index contributed by atoms with van der Waals surface area (Å²) in [6.45, 7) is 4.73. The molecule has 0 spiro atoms. The molecule has 90 valence electrons. The summed E-state index contributed by atoms with van der Waals surface area (Å²) in [4.78, 5) is 2.27. The van der Waals surface area contributed by atoms with Crippen LogP contribution in [0.5, 0.6) is 0 Å². The second-order valence-electron chi connectivity index (χ2n) is 4.35. The molecule has 1 atom stereocenters. The fourth-order valence-corrected chi connectivity index (χ4v) is 2.32. The summed E-state index contributed by atoms with van der Waals surface area (Å²) >= 11 is 6.15. The van der Waals surface area contributed by atoms with Crippen LogP contribution < -0.4 is 10.2 Å². The molecule has 0 bridgehead atoms. The number of nitrogens with one attached hydrogen (secondary N) is 1. The van der Waals surface area contributed by atoms with Crippen LogP contribution in [0.3, 0.4) is 0 Å². The van der Waals surface area contributed by atoms with Crippen molar-refractivity contribution in [1.82, 2.24) is 5.32 Å². The van der Waals surface area contributed by atoms with Crippen molar-refractivity contribution in [2.24, 2.45) is 0 Å². The number of benzene rings is 1. The van der Waals surface area contributed by atoms with Gasteiger partial charge in [0, 0.05) is 30.3 Å². The van der Waals surface area contributed by atoms with Crippen molar-refractivity contribution >= 4 is 17.3 Å². The van der Waals surface area contributed by atoms with E-state index in [1.54, 1.807) is 0 Å². The van der Waals surface area contributed by atoms with Crippen molar-refractivity contribution in [3.05, 3.63) is 28.8 Å². The molecule has 1 saturated heterocycles. The van der Waals surface area contributed by atoms with Crippen LogP contribution >= 0.6 is 11.6 Å². The fraction of sp³-hybridized carbons (Fsp3) is 0.462. The number of rotatable bonds is 2. The number of hydrogen-bond acceptors (Lipinski definition) is 3. The summed E-state index contributed by atoms with van der Waals surface area (Å²) in [6.07, 6.45) is 0.540. The number of piperazine rings is 1. The second kappa shape index (κ2) is 5.39. The predicted molar refractivity (Wildman–Crippen MR) is 70.4 cm³/mol. The van der Waals surface area contributed by atoms with Crippen LogP contribution in [0.1, 0.15) is 12.0 Å². The Labute approximate surface area is 107 Å². The minimum Gasteiger partial charge on any atom is -0.365 e. The first kappa shape index (κ1) is 12.2. The molecule has 1 aromatic carbocycles. The van der Waals surface area contributed by atoms with Crippen LogP contribution in [0.25, 0.3) is 0 Å². The van der Waals surface area contributed by atoms with Gasteiger partial charge < -0.3 is 10.2 Å². The van der Waals surface area contributed by atoms with E-state index < -0.39 is 0 Å². The van der Waals surface area contributed by atoms with Crippen LogP contribution in [0.4, 0.5) is 5.69 Å². The molecule has 0 aromatic heterocycles. The van der Waals surface area contributed by atoms with Crippen LogP contribution in [0.2, 0.25) is 5.02 Å². The van der Waals surface area contributed by atoms with Gasteiger partial charge in [0.05, 0.1) is 18.5 Å². The SMILES string of the molecule is Cc1ccc(N2CCNCC2CC#N)cc1Cl. The lowest BCUT2D eigenvalue weighted by molar-refractivity contribution is 0.481. The number of hydrogen-bond donors (Lipinski definition) is 1. The van der Waals surface area contributed by atoms with Gasteiger partial charge in [0.2, 0.25) is 0 Å². The van der Waals surface area contributed by atoms with Crippen molar-refractivity contribution in [3.63, 3.8) is 0 Å². The van der Waals surface area contributed by atoms with Crippen molar-refractivity contribution in [1.29, 1.82) is 5.26 Å². The number of anilines is 1. The molecule has 17 heavy (non-hydrogen) atoms. The topological polar surface area (TPSA) is 39.1 Å². The highest BCUT2D eigenvalue weighted by Gasteiger charge is 2.22. The molecular weight excluding hydrogens is 234 g/mol. The summed E-state index contributed by atoms with van der Waals surface area (Å²) in [5, 5.41) is 13.0. The predicted octanol–water partition coefficient (Wildman–Crippen LogP) is 2.34. The van der Waals surface area contributed by atoms with E-state index >= 15 is 0 Å².